The van der Waals surface area contributed by atoms with Gasteiger partial charge in [0.1, 0.15) is 17.8 Å². The zero-order chi connectivity index (χ0) is 31.0. The van der Waals surface area contributed by atoms with Crippen molar-refractivity contribution in [3.05, 3.63) is 47.0 Å². The second-order valence-corrected chi connectivity index (χ2v) is 13.2. The number of ketones is 1. The molecule has 1 aliphatic heterocycles. The summed E-state index contributed by atoms with van der Waals surface area (Å²) in [7, 11) is 0. The van der Waals surface area contributed by atoms with Crippen molar-refractivity contribution in [2.45, 2.75) is 96.9 Å². The Balaban J connectivity index is 1.84. The SMILES string of the molecule is CC(=O)O[C@H]1C(=O)[C@@]2(C)C([C@H](OC(=O)c3ccccc3)[C@]3(O)C[C@H](C)C(C)=C1C3(C)C)[C@]1(OC(C)=O)CO[C@@H]1C[C@@H]2O. The predicted molar refractivity (Wildman–Crippen MR) is 148 cm³/mol. The summed E-state index contributed by atoms with van der Waals surface area (Å²) in [5, 5.41) is 24.7. The molecule has 1 saturated heterocycles. The number of rotatable bonds is 4. The highest BCUT2D eigenvalue weighted by Crippen LogP contribution is 2.64. The number of hydrogen-bond acceptors (Lipinski definition) is 10. The highest BCUT2D eigenvalue weighted by molar-refractivity contribution is 5.95. The van der Waals surface area contributed by atoms with Crippen LogP contribution in [0, 0.1) is 22.7 Å². The third kappa shape index (κ3) is 4.09. The molecular formula is C32H40O10. The Hall–Kier alpha value is -3.08. The number of allylic oxidation sites excluding steroid dienone is 1. The van der Waals surface area contributed by atoms with E-state index in [1.807, 2.05) is 13.8 Å². The lowest BCUT2D eigenvalue weighted by molar-refractivity contribution is -0.345. The first-order chi connectivity index (χ1) is 19.5. The molecule has 3 fully saturated rings. The zero-order valence-electron chi connectivity index (χ0n) is 25.1. The van der Waals surface area contributed by atoms with Crippen LogP contribution >= 0.6 is 0 Å². The second-order valence-electron chi connectivity index (χ2n) is 13.2. The highest BCUT2D eigenvalue weighted by atomic mass is 16.6. The maximum absolute atomic E-state index is 14.9. The van der Waals surface area contributed by atoms with E-state index in [4.69, 9.17) is 18.9 Å². The average Bonchev–Trinajstić information content (AvgIpc) is 2.90. The van der Waals surface area contributed by atoms with Crippen LogP contribution in [0.1, 0.15) is 71.7 Å². The van der Waals surface area contributed by atoms with Crippen LogP contribution in [-0.4, -0.2) is 76.1 Å². The van der Waals surface area contributed by atoms with E-state index in [0.717, 1.165) is 5.57 Å². The molecule has 10 nitrogen and oxygen atoms in total. The minimum Gasteiger partial charge on any atom is -0.455 e. The zero-order valence-corrected chi connectivity index (χ0v) is 25.1. The molecular weight excluding hydrogens is 544 g/mol. The van der Waals surface area contributed by atoms with Gasteiger partial charge in [0, 0.05) is 25.7 Å². The first kappa shape index (κ1) is 30.4. The number of hydrogen-bond donors (Lipinski definition) is 2. The largest absolute Gasteiger partial charge is 0.455 e. The summed E-state index contributed by atoms with van der Waals surface area (Å²) in [5.74, 6) is -4.29. The Morgan fingerprint density at radius 2 is 1.67 bits per heavy atom. The van der Waals surface area contributed by atoms with Crippen LogP contribution in [0.5, 0.6) is 0 Å². The number of Topliss-reactive ketones (excluding diaryl/α,β-unsaturated/α-hetero) is 1. The van der Waals surface area contributed by atoms with E-state index < -0.39 is 76.1 Å². The Labute approximate surface area is 245 Å². The van der Waals surface area contributed by atoms with Gasteiger partial charge in [-0.3, -0.25) is 14.4 Å². The third-order valence-electron chi connectivity index (χ3n) is 10.6. The lowest BCUT2D eigenvalue weighted by Gasteiger charge is -2.67. The van der Waals surface area contributed by atoms with Crippen LogP contribution in [0.4, 0.5) is 0 Å². The third-order valence-corrected chi connectivity index (χ3v) is 10.6. The fourth-order valence-corrected chi connectivity index (χ4v) is 8.16. The Bertz CT molecular complexity index is 1350. The van der Waals surface area contributed by atoms with Crippen molar-refractivity contribution >= 4 is 23.7 Å². The Morgan fingerprint density at radius 1 is 1.02 bits per heavy atom. The van der Waals surface area contributed by atoms with E-state index in [2.05, 4.69) is 0 Å². The molecule has 0 aromatic heterocycles. The maximum atomic E-state index is 14.9. The molecule has 2 saturated carbocycles. The normalized spacial score (nSPS) is 40.4. The monoisotopic (exact) mass is 584 g/mol. The summed E-state index contributed by atoms with van der Waals surface area (Å²) in [6.45, 7) is 11.0. The fraction of sp³-hybridized carbons (Fsp3) is 0.625. The molecule has 2 bridgehead atoms. The first-order valence-corrected chi connectivity index (χ1v) is 14.4. The van der Waals surface area contributed by atoms with Gasteiger partial charge in [-0.2, -0.15) is 0 Å². The molecule has 1 aromatic carbocycles. The summed E-state index contributed by atoms with van der Waals surface area (Å²) in [4.78, 5) is 53.7. The van der Waals surface area contributed by atoms with Gasteiger partial charge >= 0.3 is 17.9 Å². The van der Waals surface area contributed by atoms with E-state index in [-0.39, 0.29) is 30.9 Å². The molecule has 1 heterocycles. The van der Waals surface area contributed by atoms with Crippen molar-refractivity contribution in [1.29, 1.82) is 0 Å². The molecule has 5 rings (SSSR count). The van der Waals surface area contributed by atoms with Crippen molar-refractivity contribution < 1.29 is 48.3 Å². The van der Waals surface area contributed by atoms with Crippen LogP contribution in [-0.2, 0) is 33.3 Å². The number of aliphatic hydroxyl groups excluding tert-OH is 1. The number of fused-ring (bicyclic) bond motifs is 5. The minimum absolute atomic E-state index is 0.0611. The fourth-order valence-electron chi connectivity index (χ4n) is 8.16. The average molecular weight is 585 g/mol. The molecule has 3 aliphatic carbocycles. The van der Waals surface area contributed by atoms with Gasteiger partial charge in [0.15, 0.2) is 17.5 Å². The van der Waals surface area contributed by atoms with Gasteiger partial charge in [0.2, 0.25) is 0 Å². The molecule has 0 spiro atoms. The summed E-state index contributed by atoms with van der Waals surface area (Å²) in [6, 6.07) is 8.26. The van der Waals surface area contributed by atoms with Gasteiger partial charge in [-0.25, -0.2) is 4.79 Å². The van der Waals surface area contributed by atoms with E-state index in [1.54, 1.807) is 44.2 Å². The van der Waals surface area contributed by atoms with Gasteiger partial charge in [-0.05, 0) is 43.9 Å². The number of aliphatic hydroxyl groups is 2. The molecule has 10 heteroatoms. The molecule has 1 unspecified atom stereocenters. The lowest BCUT2D eigenvalue weighted by atomic mass is 9.44. The van der Waals surface area contributed by atoms with Crippen molar-refractivity contribution in [2.75, 3.05) is 6.61 Å². The van der Waals surface area contributed by atoms with Crippen LogP contribution < -0.4 is 0 Å². The molecule has 4 aliphatic rings. The van der Waals surface area contributed by atoms with Crippen LogP contribution in [0.15, 0.2) is 41.5 Å². The predicted octanol–water partition coefficient (Wildman–Crippen LogP) is 2.93. The number of carbonyl (C=O) groups is 4. The summed E-state index contributed by atoms with van der Waals surface area (Å²) < 4.78 is 23.8. The van der Waals surface area contributed by atoms with Gasteiger partial charge in [0.25, 0.3) is 0 Å². The van der Waals surface area contributed by atoms with Gasteiger partial charge in [0.05, 0.1) is 29.6 Å². The molecule has 42 heavy (non-hydrogen) atoms. The van der Waals surface area contributed by atoms with Gasteiger partial charge in [-0.15, -0.1) is 0 Å². The van der Waals surface area contributed by atoms with Crippen LogP contribution in [0.25, 0.3) is 0 Å². The smallest absolute Gasteiger partial charge is 0.338 e. The number of esters is 3. The molecule has 228 valence electrons. The van der Waals surface area contributed by atoms with Crippen molar-refractivity contribution in [2.24, 2.45) is 22.7 Å². The van der Waals surface area contributed by atoms with Gasteiger partial charge in [-0.1, -0.05) is 44.5 Å². The second kappa shape index (κ2) is 9.99. The summed E-state index contributed by atoms with van der Waals surface area (Å²) in [6.07, 6.45) is -5.02. The number of ether oxygens (including phenoxy) is 4. The molecule has 9 atom stereocenters. The van der Waals surface area contributed by atoms with E-state index in [9.17, 15) is 29.4 Å². The minimum atomic E-state index is -1.86. The molecule has 0 radical (unpaired) electrons. The van der Waals surface area contributed by atoms with Crippen molar-refractivity contribution in [3.63, 3.8) is 0 Å². The standard InChI is InChI=1S/C32H40O10/c1-16-14-32(38)27(41-28(37)20-11-9-8-10-12-20)25-30(7,21(35)13-22-31(25,15-39-22)42-19(4)34)26(36)24(40-18(3)33)23(17(16)2)29(32,5)6/h8-12,16,21-22,24-25,27,35,38H,13-15H2,1-7H3/t16-,21-,22+,24+,25?,27-,30+,31-,32+/m0/s1. The Morgan fingerprint density at radius 3 is 2.21 bits per heavy atom. The summed E-state index contributed by atoms with van der Waals surface area (Å²) in [5.41, 5.74) is -5.05. The highest BCUT2D eigenvalue weighted by Gasteiger charge is 2.78. The van der Waals surface area contributed by atoms with Crippen LogP contribution in [0.3, 0.4) is 0 Å². The van der Waals surface area contributed by atoms with Crippen LogP contribution in [0.2, 0.25) is 0 Å². The van der Waals surface area contributed by atoms with Crippen molar-refractivity contribution in [3.8, 4) is 0 Å². The number of carbonyl (C=O) groups excluding carboxylic acids is 4. The quantitative estimate of drug-likeness (QED) is 0.308. The lowest BCUT2D eigenvalue weighted by Crippen LogP contribution is -2.81. The molecule has 2 N–H and O–H groups in total. The topological polar surface area (TPSA) is 146 Å². The molecule has 1 aromatic rings. The Kier molecular flexibility index (Phi) is 7.23. The first-order valence-electron chi connectivity index (χ1n) is 14.4. The van der Waals surface area contributed by atoms with E-state index >= 15 is 0 Å². The van der Waals surface area contributed by atoms with E-state index in [0.29, 0.717) is 5.57 Å². The maximum Gasteiger partial charge on any atom is 0.338 e. The number of benzene rings is 1. The van der Waals surface area contributed by atoms with Gasteiger partial charge < -0.3 is 29.2 Å². The van der Waals surface area contributed by atoms with E-state index in [1.165, 1.54) is 20.8 Å². The summed E-state index contributed by atoms with van der Waals surface area (Å²) >= 11 is 0. The van der Waals surface area contributed by atoms with Crippen molar-refractivity contribution in [1.82, 2.24) is 0 Å². The molecule has 0 amide bonds.